The standard InChI is InChI=1S/C15H18N2O2/c1-11(12-6-4-3-5-7-12)17(2)15(18)14-9-8-13(10-16)19-14/h3-9,11H,10,16H2,1-2H3. The summed E-state index contributed by atoms with van der Waals surface area (Å²) in [7, 11) is 1.77. The van der Waals surface area contributed by atoms with Gasteiger partial charge in [-0.2, -0.15) is 0 Å². The van der Waals surface area contributed by atoms with E-state index in [1.165, 1.54) is 0 Å². The molecule has 0 radical (unpaired) electrons. The Morgan fingerprint density at radius 1 is 1.26 bits per heavy atom. The van der Waals surface area contributed by atoms with Crippen molar-refractivity contribution in [2.24, 2.45) is 5.73 Å². The third-order valence-electron chi connectivity index (χ3n) is 3.26. The smallest absolute Gasteiger partial charge is 0.289 e. The van der Waals surface area contributed by atoms with E-state index in [9.17, 15) is 4.79 Å². The predicted octanol–water partition coefficient (Wildman–Crippen LogP) is 2.57. The van der Waals surface area contributed by atoms with Crippen molar-refractivity contribution in [1.82, 2.24) is 4.90 Å². The number of nitrogens with two attached hydrogens (primary N) is 1. The van der Waals surface area contributed by atoms with Gasteiger partial charge in [-0.05, 0) is 24.6 Å². The van der Waals surface area contributed by atoms with Gasteiger partial charge in [0.1, 0.15) is 5.76 Å². The molecule has 1 heterocycles. The summed E-state index contributed by atoms with van der Waals surface area (Å²) in [5.41, 5.74) is 6.56. The molecule has 1 aromatic heterocycles. The molecule has 1 unspecified atom stereocenters. The number of rotatable bonds is 4. The first-order valence-electron chi connectivity index (χ1n) is 6.24. The lowest BCUT2D eigenvalue weighted by atomic mass is 10.1. The maximum absolute atomic E-state index is 12.3. The lowest BCUT2D eigenvalue weighted by molar-refractivity contribution is 0.0708. The highest BCUT2D eigenvalue weighted by molar-refractivity contribution is 5.91. The molecule has 100 valence electrons. The quantitative estimate of drug-likeness (QED) is 0.916. The van der Waals surface area contributed by atoms with Gasteiger partial charge in [-0.3, -0.25) is 4.79 Å². The minimum absolute atomic E-state index is 0.0138. The molecule has 2 aromatic rings. The highest BCUT2D eigenvalue weighted by atomic mass is 16.4. The fourth-order valence-electron chi connectivity index (χ4n) is 1.91. The first kappa shape index (κ1) is 13.4. The van der Waals surface area contributed by atoms with Crippen LogP contribution in [0.3, 0.4) is 0 Å². The molecular weight excluding hydrogens is 240 g/mol. The van der Waals surface area contributed by atoms with Gasteiger partial charge in [0.25, 0.3) is 5.91 Å². The molecule has 1 amide bonds. The minimum atomic E-state index is -0.143. The van der Waals surface area contributed by atoms with Crippen molar-refractivity contribution >= 4 is 5.91 Å². The van der Waals surface area contributed by atoms with Gasteiger partial charge in [0.15, 0.2) is 5.76 Å². The molecule has 0 bridgehead atoms. The van der Waals surface area contributed by atoms with Gasteiger partial charge in [-0.1, -0.05) is 30.3 Å². The maximum Gasteiger partial charge on any atom is 0.289 e. The van der Waals surface area contributed by atoms with Crippen LogP contribution in [0.25, 0.3) is 0 Å². The van der Waals surface area contributed by atoms with Gasteiger partial charge in [0.05, 0.1) is 12.6 Å². The van der Waals surface area contributed by atoms with Crippen LogP contribution in [0.15, 0.2) is 46.9 Å². The van der Waals surface area contributed by atoms with E-state index in [0.717, 1.165) is 5.56 Å². The van der Waals surface area contributed by atoms with Crippen molar-refractivity contribution in [3.05, 3.63) is 59.5 Å². The van der Waals surface area contributed by atoms with Crippen LogP contribution >= 0.6 is 0 Å². The lowest BCUT2D eigenvalue weighted by Crippen LogP contribution is -2.29. The Morgan fingerprint density at radius 3 is 2.53 bits per heavy atom. The van der Waals surface area contributed by atoms with Crippen molar-refractivity contribution in [1.29, 1.82) is 0 Å². The first-order chi connectivity index (χ1) is 9.13. The molecule has 0 spiro atoms. The largest absolute Gasteiger partial charge is 0.455 e. The second-order valence-corrected chi connectivity index (χ2v) is 4.47. The Morgan fingerprint density at radius 2 is 1.95 bits per heavy atom. The number of furan rings is 1. The number of amides is 1. The van der Waals surface area contributed by atoms with E-state index < -0.39 is 0 Å². The molecule has 1 aromatic carbocycles. The SMILES string of the molecule is CC(c1ccccc1)N(C)C(=O)c1ccc(CN)o1. The fourth-order valence-corrected chi connectivity index (χ4v) is 1.91. The summed E-state index contributed by atoms with van der Waals surface area (Å²) in [5.74, 6) is 0.797. The van der Waals surface area contributed by atoms with E-state index >= 15 is 0 Å². The topological polar surface area (TPSA) is 59.5 Å². The Hall–Kier alpha value is -2.07. The summed E-state index contributed by atoms with van der Waals surface area (Å²) in [6, 6.07) is 13.3. The third-order valence-corrected chi connectivity index (χ3v) is 3.26. The lowest BCUT2D eigenvalue weighted by Gasteiger charge is -2.24. The number of carbonyl (C=O) groups excluding carboxylic acids is 1. The molecule has 4 nitrogen and oxygen atoms in total. The Kier molecular flexibility index (Phi) is 4.02. The highest BCUT2D eigenvalue weighted by Crippen LogP contribution is 2.21. The molecule has 2 rings (SSSR count). The molecule has 0 aliphatic carbocycles. The minimum Gasteiger partial charge on any atom is -0.455 e. The van der Waals surface area contributed by atoms with E-state index in [-0.39, 0.29) is 11.9 Å². The van der Waals surface area contributed by atoms with Crippen molar-refractivity contribution in [3.8, 4) is 0 Å². The van der Waals surface area contributed by atoms with Crippen LogP contribution in [0.4, 0.5) is 0 Å². The zero-order chi connectivity index (χ0) is 13.8. The number of hydrogen-bond acceptors (Lipinski definition) is 3. The molecule has 0 saturated heterocycles. The van der Waals surface area contributed by atoms with Crippen LogP contribution in [0.5, 0.6) is 0 Å². The first-order valence-corrected chi connectivity index (χ1v) is 6.24. The Bertz CT molecular complexity index is 548. The molecular formula is C15H18N2O2. The van der Waals surface area contributed by atoms with E-state index in [0.29, 0.717) is 18.1 Å². The second kappa shape index (κ2) is 5.71. The van der Waals surface area contributed by atoms with E-state index in [1.54, 1.807) is 24.1 Å². The third kappa shape index (κ3) is 2.85. The Labute approximate surface area is 112 Å². The summed E-state index contributed by atoms with van der Waals surface area (Å²) in [6.45, 7) is 2.28. The Balaban J connectivity index is 2.15. The van der Waals surface area contributed by atoms with E-state index in [1.807, 2.05) is 37.3 Å². The second-order valence-electron chi connectivity index (χ2n) is 4.47. The monoisotopic (exact) mass is 258 g/mol. The van der Waals surface area contributed by atoms with Crippen molar-refractivity contribution in [2.45, 2.75) is 19.5 Å². The average molecular weight is 258 g/mol. The van der Waals surface area contributed by atoms with Crippen LogP contribution in [-0.2, 0) is 6.54 Å². The summed E-state index contributed by atoms with van der Waals surface area (Å²) >= 11 is 0. The predicted molar refractivity (Wildman–Crippen MR) is 73.5 cm³/mol. The number of carbonyl (C=O) groups is 1. The zero-order valence-corrected chi connectivity index (χ0v) is 11.2. The van der Waals surface area contributed by atoms with Gasteiger partial charge in [-0.15, -0.1) is 0 Å². The van der Waals surface area contributed by atoms with Gasteiger partial charge in [0, 0.05) is 7.05 Å². The van der Waals surface area contributed by atoms with Crippen LogP contribution < -0.4 is 5.73 Å². The van der Waals surface area contributed by atoms with Gasteiger partial charge < -0.3 is 15.1 Å². The molecule has 1 atom stereocenters. The fraction of sp³-hybridized carbons (Fsp3) is 0.267. The number of benzene rings is 1. The normalized spacial score (nSPS) is 12.2. The summed E-state index contributed by atoms with van der Waals surface area (Å²) in [6.07, 6.45) is 0. The van der Waals surface area contributed by atoms with Gasteiger partial charge in [0.2, 0.25) is 0 Å². The number of hydrogen-bond donors (Lipinski definition) is 1. The number of nitrogens with zero attached hydrogens (tertiary/aromatic N) is 1. The molecule has 0 aliphatic rings. The maximum atomic E-state index is 12.3. The molecule has 0 fully saturated rings. The van der Waals surface area contributed by atoms with Gasteiger partial charge in [-0.25, -0.2) is 0 Å². The van der Waals surface area contributed by atoms with Crippen LogP contribution in [0.2, 0.25) is 0 Å². The molecule has 0 saturated carbocycles. The molecule has 2 N–H and O–H groups in total. The zero-order valence-electron chi connectivity index (χ0n) is 11.2. The van der Waals surface area contributed by atoms with Gasteiger partial charge >= 0.3 is 0 Å². The molecule has 4 heteroatoms. The molecule has 0 aliphatic heterocycles. The van der Waals surface area contributed by atoms with E-state index in [4.69, 9.17) is 10.2 Å². The van der Waals surface area contributed by atoms with Crippen LogP contribution in [0.1, 0.15) is 34.8 Å². The average Bonchev–Trinajstić information content (AvgIpc) is 2.94. The highest BCUT2D eigenvalue weighted by Gasteiger charge is 2.21. The van der Waals surface area contributed by atoms with Crippen LogP contribution in [0, 0.1) is 0 Å². The van der Waals surface area contributed by atoms with Crippen molar-refractivity contribution in [3.63, 3.8) is 0 Å². The van der Waals surface area contributed by atoms with Crippen molar-refractivity contribution in [2.75, 3.05) is 7.05 Å². The summed E-state index contributed by atoms with van der Waals surface area (Å²) in [5, 5.41) is 0. The van der Waals surface area contributed by atoms with Crippen LogP contribution in [-0.4, -0.2) is 17.9 Å². The van der Waals surface area contributed by atoms with E-state index in [2.05, 4.69) is 0 Å². The summed E-state index contributed by atoms with van der Waals surface area (Å²) in [4.78, 5) is 13.9. The summed E-state index contributed by atoms with van der Waals surface area (Å²) < 4.78 is 5.39. The molecule has 19 heavy (non-hydrogen) atoms. The van der Waals surface area contributed by atoms with Crippen molar-refractivity contribution < 1.29 is 9.21 Å².